The summed E-state index contributed by atoms with van der Waals surface area (Å²) in [6.07, 6.45) is 2.76. The normalized spacial score (nSPS) is 14.1. The highest BCUT2D eigenvalue weighted by molar-refractivity contribution is 14.1. The van der Waals surface area contributed by atoms with Gasteiger partial charge in [-0.2, -0.15) is 0 Å². The fourth-order valence-electron chi connectivity index (χ4n) is 2.82. The van der Waals surface area contributed by atoms with Gasteiger partial charge in [-0.1, -0.05) is 0 Å². The van der Waals surface area contributed by atoms with Crippen LogP contribution in [0.15, 0.2) is 47.4 Å². The highest BCUT2D eigenvalue weighted by Gasteiger charge is 2.24. The molecule has 0 spiro atoms. The first-order valence-electron chi connectivity index (χ1n) is 7.86. The maximum atomic E-state index is 12.6. The molecule has 2 aromatic rings. The number of ether oxygens (including phenoxy) is 1. The van der Waals surface area contributed by atoms with E-state index < -0.39 is 9.84 Å². The molecule has 7 heteroatoms. The Balaban J connectivity index is 1.75. The van der Waals surface area contributed by atoms with E-state index >= 15 is 0 Å². The van der Waals surface area contributed by atoms with E-state index in [-0.39, 0.29) is 17.4 Å². The molecule has 1 heterocycles. The van der Waals surface area contributed by atoms with Crippen LogP contribution in [-0.2, 0) is 21.1 Å². The molecule has 0 unspecified atom stereocenters. The number of anilines is 1. The van der Waals surface area contributed by atoms with Gasteiger partial charge in [0.2, 0.25) is 0 Å². The molecule has 25 heavy (non-hydrogen) atoms. The van der Waals surface area contributed by atoms with Crippen LogP contribution >= 0.6 is 22.6 Å². The van der Waals surface area contributed by atoms with Gasteiger partial charge in [-0.15, -0.1) is 0 Å². The number of amides is 1. The summed E-state index contributed by atoms with van der Waals surface area (Å²) < 4.78 is 30.1. The van der Waals surface area contributed by atoms with E-state index in [1.165, 1.54) is 6.26 Å². The molecular formula is C18H18INO4S. The summed E-state index contributed by atoms with van der Waals surface area (Å²) in [6, 6.07) is 12.4. The van der Waals surface area contributed by atoms with Gasteiger partial charge in [-0.05, 0) is 83.5 Å². The van der Waals surface area contributed by atoms with Gasteiger partial charge in [0.1, 0.15) is 5.75 Å². The summed E-state index contributed by atoms with van der Waals surface area (Å²) >= 11 is 2.21. The number of sulfone groups is 1. The van der Waals surface area contributed by atoms with Crippen molar-refractivity contribution >= 4 is 44.0 Å². The topological polar surface area (TPSA) is 63.7 Å². The van der Waals surface area contributed by atoms with E-state index in [1.54, 1.807) is 23.1 Å². The molecule has 0 fully saturated rings. The minimum atomic E-state index is -3.25. The number of nitrogens with zero attached hydrogens (tertiary/aromatic N) is 1. The second-order valence-corrected chi connectivity index (χ2v) is 9.22. The summed E-state index contributed by atoms with van der Waals surface area (Å²) in [4.78, 5) is 14.5. The lowest BCUT2D eigenvalue weighted by Crippen LogP contribution is -2.38. The second kappa shape index (κ2) is 7.33. The number of carbonyl (C=O) groups is 1. The minimum absolute atomic E-state index is 0.0478. The highest BCUT2D eigenvalue weighted by Crippen LogP contribution is 2.29. The molecule has 1 aliphatic heterocycles. The molecule has 3 rings (SSSR count). The first kappa shape index (κ1) is 18.2. The van der Waals surface area contributed by atoms with Gasteiger partial charge in [-0.25, -0.2) is 8.42 Å². The Kier molecular flexibility index (Phi) is 5.33. The molecule has 0 aromatic heterocycles. The SMILES string of the molecule is CS(=O)(=O)c1ccc2c(c1)CCCN2C(=O)COc1ccc(I)cc1. The Morgan fingerprint density at radius 3 is 2.60 bits per heavy atom. The monoisotopic (exact) mass is 471 g/mol. The van der Waals surface area contributed by atoms with Crippen molar-refractivity contribution in [1.29, 1.82) is 0 Å². The molecule has 0 saturated carbocycles. The Labute approximate surface area is 161 Å². The van der Waals surface area contributed by atoms with Gasteiger partial charge in [0.05, 0.1) is 4.90 Å². The van der Waals surface area contributed by atoms with E-state index in [9.17, 15) is 13.2 Å². The molecular weight excluding hydrogens is 453 g/mol. The van der Waals surface area contributed by atoms with Crippen LogP contribution in [0.4, 0.5) is 5.69 Å². The largest absolute Gasteiger partial charge is 0.484 e. The van der Waals surface area contributed by atoms with Crippen LogP contribution in [0.3, 0.4) is 0 Å². The number of halogens is 1. The van der Waals surface area contributed by atoms with Gasteiger partial charge < -0.3 is 9.64 Å². The molecule has 0 aliphatic carbocycles. The van der Waals surface area contributed by atoms with E-state index in [2.05, 4.69) is 22.6 Å². The Morgan fingerprint density at radius 2 is 1.92 bits per heavy atom. The zero-order valence-corrected chi connectivity index (χ0v) is 16.7. The maximum absolute atomic E-state index is 12.6. The van der Waals surface area contributed by atoms with Crippen LogP contribution < -0.4 is 9.64 Å². The molecule has 0 radical (unpaired) electrons. The van der Waals surface area contributed by atoms with Crippen molar-refractivity contribution in [3.8, 4) is 5.75 Å². The van der Waals surface area contributed by atoms with Gasteiger partial charge in [0, 0.05) is 22.1 Å². The maximum Gasteiger partial charge on any atom is 0.264 e. The lowest BCUT2D eigenvalue weighted by Gasteiger charge is -2.29. The van der Waals surface area contributed by atoms with Crippen LogP contribution in [0.25, 0.3) is 0 Å². The second-order valence-electron chi connectivity index (χ2n) is 5.95. The molecule has 0 bridgehead atoms. The molecule has 1 aliphatic rings. The molecule has 1 amide bonds. The fourth-order valence-corrected chi connectivity index (χ4v) is 3.85. The summed E-state index contributed by atoms with van der Waals surface area (Å²) in [6.45, 7) is 0.563. The predicted molar refractivity (Wildman–Crippen MR) is 105 cm³/mol. The quantitative estimate of drug-likeness (QED) is 0.644. The minimum Gasteiger partial charge on any atom is -0.484 e. The van der Waals surface area contributed by atoms with Gasteiger partial charge in [-0.3, -0.25) is 4.79 Å². The summed E-state index contributed by atoms with van der Waals surface area (Å²) in [7, 11) is -3.25. The van der Waals surface area contributed by atoms with E-state index in [0.717, 1.165) is 27.7 Å². The number of aryl methyl sites for hydroxylation is 1. The standard InChI is InChI=1S/C18H18INO4S/c1-25(22,23)16-8-9-17-13(11-16)3-2-10-20(17)18(21)12-24-15-6-4-14(19)5-7-15/h4-9,11H,2-3,10,12H2,1H3. The summed E-state index contributed by atoms with van der Waals surface area (Å²) in [5, 5.41) is 0. The summed E-state index contributed by atoms with van der Waals surface area (Å²) in [5.41, 5.74) is 1.66. The van der Waals surface area contributed by atoms with Crippen molar-refractivity contribution in [2.75, 3.05) is 24.3 Å². The van der Waals surface area contributed by atoms with Gasteiger partial charge >= 0.3 is 0 Å². The Bertz CT molecular complexity index is 894. The van der Waals surface area contributed by atoms with Crippen molar-refractivity contribution in [1.82, 2.24) is 0 Å². The number of hydrogen-bond donors (Lipinski definition) is 0. The fraction of sp³-hybridized carbons (Fsp3) is 0.278. The van der Waals surface area contributed by atoms with Crippen molar-refractivity contribution in [2.24, 2.45) is 0 Å². The van der Waals surface area contributed by atoms with Crippen LogP contribution in [0.2, 0.25) is 0 Å². The molecule has 5 nitrogen and oxygen atoms in total. The number of fused-ring (bicyclic) bond motifs is 1. The van der Waals surface area contributed by atoms with Crippen LogP contribution in [0.5, 0.6) is 5.75 Å². The third-order valence-corrected chi connectivity index (χ3v) is 5.90. The molecule has 132 valence electrons. The predicted octanol–water partition coefficient (Wildman–Crippen LogP) is 3.05. The Morgan fingerprint density at radius 1 is 1.20 bits per heavy atom. The molecule has 0 atom stereocenters. The number of carbonyl (C=O) groups excluding carboxylic acids is 1. The molecule has 0 saturated heterocycles. The van der Waals surface area contributed by atoms with Gasteiger partial charge in [0.25, 0.3) is 5.91 Å². The van der Waals surface area contributed by atoms with Crippen LogP contribution in [0.1, 0.15) is 12.0 Å². The number of benzene rings is 2. The summed E-state index contributed by atoms with van der Waals surface area (Å²) in [5.74, 6) is 0.519. The van der Waals surface area contributed by atoms with Crippen molar-refractivity contribution in [3.05, 3.63) is 51.6 Å². The lowest BCUT2D eigenvalue weighted by molar-refractivity contribution is -0.120. The average molecular weight is 471 g/mol. The number of rotatable bonds is 4. The lowest BCUT2D eigenvalue weighted by atomic mass is 10.0. The van der Waals surface area contributed by atoms with Crippen molar-refractivity contribution in [3.63, 3.8) is 0 Å². The van der Waals surface area contributed by atoms with E-state index in [0.29, 0.717) is 12.3 Å². The third-order valence-electron chi connectivity index (χ3n) is 4.07. The Hall–Kier alpha value is -1.61. The third kappa shape index (κ3) is 4.33. The van der Waals surface area contributed by atoms with Crippen molar-refractivity contribution in [2.45, 2.75) is 17.7 Å². The van der Waals surface area contributed by atoms with Crippen LogP contribution in [-0.4, -0.2) is 33.7 Å². The zero-order chi connectivity index (χ0) is 18.0. The molecule has 0 N–H and O–H groups in total. The van der Waals surface area contributed by atoms with E-state index in [4.69, 9.17) is 4.74 Å². The average Bonchev–Trinajstić information content (AvgIpc) is 2.59. The van der Waals surface area contributed by atoms with Crippen molar-refractivity contribution < 1.29 is 17.9 Å². The molecule has 2 aromatic carbocycles. The zero-order valence-electron chi connectivity index (χ0n) is 13.7. The highest BCUT2D eigenvalue weighted by atomic mass is 127. The first-order chi connectivity index (χ1) is 11.8. The van der Waals surface area contributed by atoms with Crippen LogP contribution in [0, 0.1) is 3.57 Å². The first-order valence-corrected chi connectivity index (χ1v) is 10.8. The van der Waals surface area contributed by atoms with Gasteiger partial charge in [0.15, 0.2) is 16.4 Å². The smallest absolute Gasteiger partial charge is 0.264 e. The van der Waals surface area contributed by atoms with E-state index in [1.807, 2.05) is 24.3 Å². The number of hydrogen-bond acceptors (Lipinski definition) is 4.